The minimum absolute atomic E-state index is 0.0101. The highest BCUT2D eigenvalue weighted by Gasteiger charge is 2.31. The number of rotatable bonds is 8. The summed E-state index contributed by atoms with van der Waals surface area (Å²) in [6.07, 6.45) is 7.82. The zero-order valence-electron chi connectivity index (χ0n) is 20.7. The van der Waals surface area contributed by atoms with Crippen LogP contribution in [0.2, 0.25) is 0 Å². The Hall–Kier alpha value is -3.81. The van der Waals surface area contributed by atoms with Crippen molar-refractivity contribution in [2.45, 2.75) is 51.2 Å². The van der Waals surface area contributed by atoms with E-state index in [2.05, 4.69) is 27.0 Å². The van der Waals surface area contributed by atoms with Gasteiger partial charge in [-0.25, -0.2) is 14.8 Å². The third kappa shape index (κ3) is 4.80. The molecule has 1 aliphatic heterocycles. The van der Waals surface area contributed by atoms with E-state index in [0.717, 1.165) is 55.0 Å². The van der Waals surface area contributed by atoms with Crippen molar-refractivity contribution in [1.82, 2.24) is 9.97 Å². The Balaban J connectivity index is 1.41. The number of carboxylic acid groups (broad SMARTS) is 1. The molecule has 2 aromatic carbocycles. The van der Waals surface area contributed by atoms with Gasteiger partial charge in [-0.3, -0.25) is 0 Å². The first-order valence-electron chi connectivity index (χ1n) is 12.4. The molecule has 0 spiro atoms. The van der Waals surface area contributed by atoms with Gasteiger partial charge < -0.3 is 24.2 Å². The first-order chi connectivity index (χ1) is 17.6. The molecule has 188 valence electrons. The summed E-state index contributed by atoms with van der Waals surface area (Å²) in [6, 6.07) is 12.0. The van der Waals surface area contributed by atoms with E-state index in [-0.39, 0.29) is 18.2 Å². The summed E-state index contributed by atoms with van der Waals surface area (Å²) in [5.41, 5.74) is 4.12. The maximum Gasteiger partial charge on any atom is 0.339 e. The second kappa shape index (κ2) is 10.4. The smallest absolute Gasteiger partial charge is 0.339 e. The normalized spacial score (nSPS) is 16.9. The largest absolute Gasteiger partial charge is 0.497 e. The number of methoxy groups -OCH3 is 2. The van der Waals surface area contributed by atoms with Gasteiger partial charge >= 0.3 is 5.97 Å². The van der Waals surface area contributed by atoms with Gasteiger partial charge in [0.25, 0.3) is 0 Å². The molecule has 1 atom stereocenters. The van der Waals surface area contributed by atoms with Crippen LogP contribution in [0.15, 0.2) is 42.6 Å². The van der Waals surface area contributed by atoms with Crippen LogP contribution >= 0.6 is 0 Å². The summed E-state index contributed by atoms with van der Waals surface area (Å²) in [4.78, 5) is 23.1. The van der Waals surface area contributed by atoms with Gasteiger partial charge in [0.2, 0.25) is 5.95 Å². The third-order valence-corrected chi connectivity index (χ3v) is 7.09. The minimum Gasteiger partial charge on any atom is -0.497 e. The van der Waals surface area contributed by atoms with E-state index in [1.54, 1.807) is 14.2 Å². The lowest BCUT2D eigenvalue weighted by Crippen LogP contribution is -2.26. The number of aryl methyl sites for hydroxylation is 2. The van der Waals surface area contributed by atoms with Crippen molar-refractivity contribution in [3.8, 4) is 17.2 Å². The van der Waals surface area contributed by atoms with Crippen molar-refractivity contribution in [1.29, 1.82) is 0 Å². The molecule has 0 bridgehead atoms. The van der Waals surface area contributed by atoms with Crippen molar-refractivity contribution >= 4 is 11.9 Å². The van der Waals surface area contributed by atoms with Crippen LogP contribution in [0.25, 0.3) is 0 Å². The van der Waals surface area contributed by atoms with Gasteiger partial charge in [0, 0.05) is 24.4 Å². The molecule has 5 rings (SSSR count). The van der Waals surface area contributed by atoms with Gasteiger partial charge in [-0.2, -0.15) is 0 Å². The summed E-state index contributed by atoms with van der Waals surface area (Å²) in [5.74, 6) is 1.62. The SMILES string of the molecule is COc1ccc([C@H]2CCCN2c2ncc(C(=O)O)c(COc3ccc4c(c3)CCCC4)n2)c(OC)c1. The molecule has 2 aliphatic rings. The Bertz CT molecular complexity index is 1260. The Morgan fingerprint density at radius 1 is 1.03 bits per heavy atom. The fraction of sp³-hybridized carbons (Fsp3) is 0.393. The molecular weight excluding hydrogens is 458 g/mol. The summed E-state index contributed by atoms with van der Waals surface area (Å²) < 4.78 is 17.0. The highest BCUT2D eigenvalue weighted by Crippen LogP contribution is 2.40. The number of aromatic carboxylic acids is 1. The number of nitrogens with zero attached hydrogens (tertiary/aromatic N) is 3. The predicted molar refractivity (Wildman–Crippen MR) is 135 cm³/mol. The lowest BCUT2D eigenvalue weighted by atomic mass is 9.92. The minimum atomic E-state index is -1.07. The van der Waals surface area contributed by atoms with Crippen LogP contribution in [0.1, 0.15) is 64.5 Å². The highest BCUT2D eigenvalue weighted by atomic mass is 16.5. The van der Waals surface area contributed by atoms with Crippen molar-refractivity contribution in [2.75, 3.05) is 25.7 Å². The van der Waals surface area contributed by atoms with Crippen LogP contribution in [0, 0.1) is 0 Å². The number of fused-ring (bicyclic) bond motifs is 1. The lowest BCUT2D eigenvalue weighted by Gasteiger charge is -2.27. The molecule has 8 heteroatoms. The quantitative estimate of drug-likeness (QED) is 0.473. The first kappa shape index (κ1) is 23.9. The van der Waals surface area contributed by atoms with Crippen molar-refractivity contribution < 1.29 is 24.1 Å². The molecule has 0 radical (unpaired) electrons. The zero-order valence-corrected chi connectivity index (χ0v) is 20.7. The highest BCUT2D eigenvalue weighted by molar-refractivity contribution is 5.88. The first-order valence-corrected chi connectivity index (χ1v) is 12.4. The van der Waals surface area contributed by atoms with Crippen LogP contribution in [0.3, 0.4) is 0 Å². The van der Waals surface area contributed by atoms with Gasteiger partial charge in [0.05, 0.1) is 26.0 Å². The number of hydrogen-bond donors (Lipinski definition) is 1. The average Bonchev–Trinajstić information content (AvgIpc) is 3.41. The van der Waals surface area contributed by atoms with Crippen molar-refractivity contribution in [2.24, 2.45) is 0 Å². The molecule has 36 heavy (non-hydrogen) atoms. The number of carboxylic acids is 1. The topological polar surface area (TPSA) is 94.0 Å². The van der Waals surface area contributed by atoms with E-state index in [4.69, 9.17) is 14.2 Å². The van der Waals surface area contributed by atoms with Crippen LogP contribution in [-0.2, 0) is 19.4 Å². The maximum absolute atomic E-state index is 11.9. The Morgan fingerprint density at radius 3 is 2.61 bits per heavy atom. The van der Waals surface area contributed by atoms with Gasteiger partial charge in [-0.15, -0.1) is 0 Å². The fourth-order valence-electron chi connectivity index (χ4n) is 5.21. The summed E-state index contributed by atoms with van der Waals surface area (Å²) in [6.45, 7) is 0.817. The van der Waals surface area contributed by atoms with Crippen LogP contribution in [0.5, 0.6) is 17.2 Å². The summed E-state index contributed by atoms with van der Waals surface area (Å²) in [5, 5.41) is 9.75. The summed E-state index contributed by atoms with van der Waals surface area (Å²) in [7, 11) is 3.27. The monoisotopic (exact) mass is 489 g/mol. The Morgan fingerprint density at radius 2 is 1.83 bits per heavy atom. The maximum atomic E-state index is 11.9. The van der Waals surface area contributed by atoms with E-state index in [0.29, 0.717) is 11.6 Å². The van der Waals surface area contributed by atoms with Gasteiger partial charge in [-0.05, 0) is 73.9 Å². The molecule has 1 aromatic heterocycles. The number of hydrogen-bond acceptors (Lipinski definition) is 7. The average molecular weight is 490 g/mol. The van der Waals surface area contributed by atoms with E-state index in [1.807, 2.05) is 24.3 Å². The molecule has 1 saturated heterocycles. The van der Waals surface area contributed by atoms with Crippen LogP contribution in [0.4, 0.5) is 5.95 Å². The predicted octanol–water partition coefficient (Wildman–Crippen LogP) is 4.99. The lowest BCUT2D eigenvalue weighted by molar-refractivity contribution is 0.0692. The van der Waals surface area contributed by atoms with Crippen LogP contribution < -0.4 is 19.1 Å². The molecule has 3 aromatic rings. The molecule has 8 nitrogen and oxygen atoms in total. The second-order valence-corrected chi connectivity index (χ2v) is 9.22. The van der Waals surface area contributed by atoms with Gasteiger partial charge in [-0.1, -0.05) is 6.07 Å². The second-order valence-electron chi connectivity index (χ2n) is 9.22. The number of aromatic nitrogens is 2. The number of benzene rings is 2. The molecule has 1 fully saturated rings. The Labute approximate surface area is 210 Å². The van der Waals surface area contributed by atoms with E-state index >= 15 is 0 Å². The number of ether oxygens (including phenoxy) is 3. The summed E-state index contributed by atoms with van der Waals surface area (Å²) >= 11 is 0. The van der Waals surface area contributed by atoms with Gasteiger partial charge in [0.15, 0.2) is 0 Å². The van der Waals surface area contributed by atoms with E-state index in [9.17, 15) is 9.90 Å². The molecular formula is C28H31N3O5. The molecule has 0 amide bonds. The van der Waals surface area contributed by atoms with E-state index in [1.165, 1.54) is 30.2 Å². The fourth-order valence-corrected chi connectivity index (χ4v) is 5.21. The molecule has 0 unspecified atom stereocenters. The van der Waals surface area contributed by atoms with Crippen molar-refractivity contribution in [3.05, 3.63) is 70.5 Å². The van der Waals surface area contributed by atoms with Gasteiger partial charge in [0.1, 0.15) is 29.4 Å². The molecule has 1 N–H and O–H groups in total. The number of carbonyl (C=O) groups is 1. The standard InChI is InChI=1S/C28H31N3O5/c1-34-20-11-12-22(26(15-20)35-2)25-8-5-13-31(25)28-29-16-23(27(32)33)24(30-28)17-36-21-10-9-18-6-3-4-7-19(18)14-21/h9-12,14-16,25H,3-8,13,17H2,1-2H3,(H,32,33)/t25-/m1/s1. The van der Waals surface area contributed by atoms with Crippen LogP contribution in [-0.4, -0.2) is 41.8 Å². The Kier molecular flexibility index (Phi) is 6.93. The molecule has 1 aliphatic carbocycles. The third-order valence-electron chi connectivity index (χ3n) is 7.09. The zero-order chi connectivity index (χ0) is 25.1. The van der Waals surface area contributed by atoms with Crippen molar-refractivity contribution in [3.63, 3.8) is 0 Å². The number of anilines is 1. The molecule has 2 heterocycles. The van der Waals surface area contributed by atoms with E-state index < -0.39 is 5.97 Å². The molecule has 0 saturated carbocycles.